The van der Waals surface area contributed by atoms with E-state index in [1.54, 1.807) is 0 Å². The van der Waals surface area contributed by atoms with Gasteiger partial charge < -0.3 is 71.5 Å². The van der Waals surface area contributed by atoms with E-state index < -0.39 is 5.54 Å². The quantitative estimate of drug-likeness (QED) is 0.0297. The van der Waals surface area contributed by atoms with Crippen LogP contribution in [0.2, 0.25) is 0 Å². The summed E-state index contributed by atoms with van der Waals surface area (Å²) in [5.41, 5.74) is -1.27. The molecule has 68 heavy (non-hydrogen) atoms. The maximum absolute atomic E-state index is 13.5. The van der Waals surface area contributed by atoms with Crippen molar-refractivity contribution in [3.63, 3.8) is 0 Å². The normalized spacial score (nSPS) is 11.1. The zero-order chi connectivity index (χ0) is 50.2. The Bertz CT molecular complexity index is 1230. The second kappa shape index (κ2) is 46.4. The summed E-state index contributed by atoms with van der Waals surface area (Å²) in [6.07, 6.45) is 12.8. The predicted octanol–water partition coefficient (Wildman–Crippen LogP) is 0.737. The molecule has 0 saturated carbocycles. The first-order chi connectivity index (χ1) is 33.0. The number of hydrogen-bond donors (Lipinski definition) is 10. The van der Waals surface area contributed by atoms with Crippen LogP contribution in [0.4, 0.5) is 0 Å². The molecule has 0 atom stereocenters. The van der Waals surface area contributed by atoms with Crippen LogP contribution in [0, 0.1) is 0 Å². The number of aliphatic hydroxyl groups is 3. The van der Waals surface area contributed by atoms with Gasteiger partial charge in [0.1, 0.15) is 11.8 Å². The second-order valence-electron chi connectivity index (χ2n) is 16.8. The van der Waals surface area contributed by atoms with E-state index in [-0.39, 0.29) is 126 Å². The van der Waals surface area contributed by atoms with Gasteiger partial charge in [-0.3, -0.25) is 33.6 Å². The van der Waals surface area contributed by atoms with Crippen molar-refractivity contribution in [2.45, 2.75) is 153 Å². The molecule has 0 heterocycles. The topological polar surface area (TPSA) is 309 Å². The lowest BCUT2D eigenvalue weighted by Crippen LogP contribution is -2.58. The lowest BCUT2D eigenvalue weighted by molar-refractivity contribution is -0.130. The van der Waals surface area contributed by atoms with Crippen LogP contribution in [0.1, 0.15) is 148 Å². The van der Waals surface area contributed by atoms with E-state index in [2.05, 4.69) is 37.2 Å². The minimum atomic E-state index is -1.27. The fourth-order valence-corrected chi connectivity index (χ4v) is 6.46. The average Bonchev–Trinajstić information content (AvgIpc) is 3.31. The third kappa shape index (κ3) is 41.9. The molecule has 0 unspecified atom stereocenters. The minimum Gasteiger partial charge on any atom is -0.396 e. The molecule has 0 bridgehead atoms. The molecule has 394 valence electrons. The summed E-state index contributed by atoms with van der Waals surface area (Å²) >= 11 is 0. The fourth-order valence-electron chi connectivity index (χ4n) is 6.46. The maximum Gasteiger partial charge on any atom is 0.222 e. The number of hydrogen-bond acceptors (Lipinski definition) is 14. The molecule has 0 aromatic rings. The van der Waals surface area contributed by atoms with Crippen molar-refractivity contribution in [3.05, 3.63) is 0 Å². The molecular weight excluding hydrogens is 887 g/mol. The van der Waals surface area contributed by atoms with Gasteiger partial charge >= 0.3 is 0 Å². The number of unbranched alkanes of at least 4 members (excludes halogenated alkanes) is 9. The predicted molar refractivity (Wildman–Crippen MR) is 255 cm³/mol. The van der Waals surface area contributed by atoms with Crippen molar-refractivity contribution in [1.82, 2.24) is 37.2 Å². The van der Waals surface area contributed by atoms with Gasteiger partial charge in [0.15, 0.2) is 0 Å². The van der Waals surface area contributed by atoms with E-state index in [0.29, 0.717) is 129 Å². The van der Waals surface area contributed by atoms with Crippen LogP contribution in [-0.4, -0.2) is 167 Å². The lowest BCUT2D eigenvalue weighted by atomic mass is 10.0. The molecular formula is C47H87N7O14. The molecule has 0 fully saturated rings. The first-order valence-electron chi connectivity index (χ1n) is 24.9. The zero-order valence-electron chi connectivity index (χ0n) is 40.8. The molecule has 21 heteroatoms. The Morgan fingerprint density at radius 3 is 0.956 bits per heavy atom. The third-order valence-corrected chi connectivity index (χ3v) is 10.4. The molecule has 0 aliphatic heterocycles. The van der Waals surface area contributed by atoms with Gasteiger partial charge in [0.05, 0.1) is 39.6 Å². The molecule has 7 amide bonds. The number of carbonyl (C=O) groups is 8. The molecule has 0 spiro atoms. The second-order valence-corrected chi connectivity index (χ2v) is 16.8. The number of rotatable bonds is 49. The monoisotopic (exact) mass is 974 g/mol. The highest BCUT2D eigenvalue weighted by molar-refractivity contribution is 5.78. The Kier molecular flexibility index (Phi) is 43.5. The van der Waals surface area contributed by atoms with Crippen LogP contribution in [0.5, 0.6) is 0 Å². The van der Waals surface area contributed by atoms with Crippen molar-refractivity contribution in [3.8, 4) is 0 Å². The highest BCUT2D eigenvalue weighted by atomic mass is 16.5. The molecule has 0 aliphatic rings. The maximum atomic E-state index is 13.5. The number of aliphatic hydroxyl groups excluding tert-OH is 3. The van der Waals surface area contributed by atoms with Gasteiger partial charge in [-0.25, -0.2) is 0 Å². The van der Waals surface area contributed by atoms with Crippen molar-refractivity contribution >= 4 is 47.6 Å². The number of nitrogens with one attached hydrogen (secondary N) is 7. The van der Waals surface area contributed by atoms with E-state index in [0.717, 1.165) is 38.4 Å². The molecule has 10 N–H and O–H groups in total. The fraction of sp³-hybridized carbons (Fsp3) is 0.830. The summed E-state index contributed by atoms with van der Waals surface area (Å²) in [6, 6.07) is 0. The Hall–Kier alpha value is -4.28. The van der Waals surface area contributed by atoms with E-state index in [4.69, 9.17) is 29.5 Å². The molecule has 21 nitrogen and oxygen atoms in total. The largest absolute Gasteiger partial charge is 0.396 e. The van der Waals surface area contributed by atoms with Crippen molar-refractivity contribution in [1.29, 1.82) is 0 Å². The van der Waals surface area contributed by atoms with Gasteiger partial charge in [0.2, 0.25) is 41.4 Å². The van der Waals surface area contributed by atoms with Gasteiger partial charge in [0.25, 0.3) is 0 Å². The highest BCUT2D eigenvalue weighted by Crippen LogP contribution is 2.13. The molecule has 0 saturated heterocycles. The van der Waals surface area contributed by atoms with Crippen LogP contribution in [-0.2, 0) is 52.6 Å². The molecule has 0 aromatic carbocycles. The Morgan fingerprint density at radius 2 is 0.632 bits per heavy atom. The molecule has 0 rings (SSSR count). The Labute approximate surface area is 403 Å². The summed E-state index contributed by atoms with van der Waals surface area (Å²) < 4.78 is 18.0. The summed E-state index contributed by atoms with van der Waals surface area (Å²) in [4.78, 5) is 97.6. The SMILES string of the molecule is O=CCCCCCCCCC(=O)NC(COCCC(=O)NCCCNC(=O)CCCCO)(COCCC(=O)NCCCNC(=O)CCCCO)COCCC(=O)NCCCNC(=O)CCCCO. The number of ether oxygens (including phenoxy) is 3. The van der Waals surface area contributed by atoms with Crippen LogP contribution < -0.4 is 37.2 Å². The van der Waals surface area contributed by atoms with Crippen molar-refractivity contribution < 1.29 is 67.9 Å². The molecule has 0 aliphatic carbocycles. The molecule has 0 radical (unpaired) electrons. The van der Waals surface area contributed by atoms with E-state index >= 15 is 0 Å². The van der Waals surface area contributed by atoms with Crippen LogP contribution >= 0.6 is 0 Å². The van der Waals surface area contributed by atoms with Gasteiger partial charge in [-0.15, -0.1) is 0 Å². The standard InChI is InChI=1S/C47H87N7O14/c55-30-10-5-3-1-2-4-6-20-46(65)54-47(37-66-34-21-43(62)51-27-14-24-48-40(59)17-7-11-31-56,38-67-35-22-44(63)52-28-15-25-49-41(60)18-8-12-32-57)39-68-36-23-45(64)53-29-16-26-50-42(61)19-9-13-33-58/h30,56-58H,1-29,31-39H2,(H,48,59)(H,49,60)(H,50,61)(H,51,62)(H,52,63)(H,53,64)(H,54,65). The Morgan fingerprint density at radius 1 is 0.353 bits per heavy atom. The first-order valence-corrected chi connectivity index (χ1v) is 24.9. The number of aldehydes is 1. The summed E-state index contributed by atoms with van der Waals surface area (Å²) in [5.74, 6) is -1.44. The van der Waals surface area contributed by atoms with Crippen LogP contribution in [0.15, 0.2) is 0 Å². The Balaban J connectivity index is 5.49. The first kappa shape index (κ1) is 63.7. The van der Waals surface area contributed by atoms with Gasteiger partial charge in [-0.1, -0.05) is 25.7 Å². The highest BCUT2D eigenvalue weighted by Gasteiger charge is 2.34. The van der Waals surface area contributed by atoms with Crippen molar-refractivity contribution in [2.75, 3.05) is 98.7 Å². The van der Waals surface area contributed by atoms with Crippen LogP contribution in [0.25, 0.3) is 0 Å². The van der Waals surface area contributed by atoms with E-state index in [1.165, 1.54) is 0 Å². The van der Waals surface area contributed by atoms with Gasteiger partial charge in [-0.2, -0.15) is 0 Å². The van der Waals surface area contributed by atoms with Gasteiger partial charge in [0, 0.05) is 110 Å². The zero-order valence-corrected chi connectivity index (χ0v) is 40.8. The molecule has 0 aromatic heterocycles. The smallest absolute Gasteiger partial charge is 0.222 e. The summed E-state index contributed by atoms with van der Waals surface area (Å²) in [7, 11) is 0. The summed E-state index contributed by atoms with van der Waals surface area (Å²) in [6.45, 7) is 1.89. The number of carbonyl (C=O) groups excluding carboxylic acids is 8. The van der Waals surface area contributed by atoms with E-state index in [9.17, 15) is 38.4 Å². The lowest BCUT2D eigenvalue weighted by Gasteiger charge is -2.34. The summed E-state index contributed by atoms with van der Waals surface area (Å²) in [5, 5.41) is 46.4. The average molecular weight is 974 g/mol. The third-order valence-electron chi connectivity index (χ3n) is 10.4. The van der Waals surface area contributed by atoms with Gasteiger partial charge in [-0.05, 0) is 70.6 Å². The minimum absolute atomic E-state index is 0.00718. The van der Waals surface area contributed by atoms with E-state index in [1.807, 2.05) is 0 Å². The van der Waals surface area contributed by atoms with Crippen LogP contribution in [0.3, 0.4) is 0 Å². The number of amides is 7. The van der Waals surface area contributed by atoms with Crippen molar-refractivity contribution in [2.24, 2.45) is 0 Å².